The van der Waals surface area contributed by atoms with Gasteiger partial charge < -0.3 is 10.2 Å². The molecule has 2 fully saturated rings. The number of likely N-dealkylation sites (tertiary alicyclic amines) is 1. The fourth-order valence-electron chi connectivity index (χ4n) is 3.33. The lowest BCUT2D eigenvalue weighted by atomic mass is 9.95. The number of halogens is 3. The first-order valence-electron chi connectivity index (χ1n) is 6.65. The number of fused-ring (bicyclic) bond motifs is 1. The number of carbonyl (C=O) groups is 1. The summed E-state index contributed by atoms with van der Waals surface area (Å²) in [6, 6.07) is 1.00. The fourth-order valence-corrected chi connectivity index (χ4v) is 3.33. The van der Waals surface area contributed by atoms with Crippen molar-refractivity contribution in [2.45, 2.75) is 13.0 Å². The zero-order valence-corrected chi connectivity index (χ0v) is 11.0. The molecule has 1 N–H and O–H groups in total. The Labute approximate surface area is 114 Å². The fraction of sp³-hybridized carbons (Fsp3) is 0.500. The number of nitrogens with one attached hydrogen (secondary N) is 1. The summed E-state index contributed by atoms with van der Waals surface area (Å²) in [5.74, 6) is -3.37. The summed E-state index contributed by atoms with van der Waals surface area (Å²) in [6.07, 6.45) is 0. The second-order valence-electron chi connectivity index (χ2n) is 5.52. The molecule has 2 aliphatic heterocycles. The van der Waals surface area contributed by atoms with Gasteiger partial charge in [-0.05, 0) is 18.8 Å². The Hall–Kier alpha value is -1.56. The molecule has 2 aliphatic rings. The summed E-state index contributed by atoms with van der Waals surface area (Å²) >= 11 is 0. The van der Waals surface area contributed by atoms with Crippen LogP contribution >= 0.6 is 0 Å². The lowest BCUT2D eigenvalue weighted by Gasteiger charge is -2.25. The number of hydrogen-bond acceptors (Lipinski definition) is 2. The van der Waals surface area contributed by atoms with Crippen molar-refractivity contribution in [2.75, 3.05) is 19.6 Å². The van der Waals surface area contributed by atoms with Crippen LogP contribution in [0.1, 0.15) is 17.3 Å². The number of rotatable bonds is 1. The Balaban J connectivity index is 1.90. The highest BCUT2D eigenvalue weighted by molar-refractivity contribution is 5.95. The van der Waals surface area contributed by atoms with Crippen molar-refractivity contribution in [3.05, 3.63) is 35.1 Å². The molecule has 20 heavy (non-hydrogen) atoms. The van der Waals surface area contributed by atoms with Crippen molar-refractivity contribution < 1.29 is 18.0 Å². The van der Waals surface area contributed by atoms with Gasteiger partial charge in [-0.15, -0.1) is 0 Å². The molecule has 0 saturated carbocycles. The van der Waals surface area contributed by atoms with Crippen LogP contribution < -0.4 is 5.32 Å². The molecule has 0 aromatic heterocycles. The lowest BCUT2D eigenvalue weighted by molar-refractivity contribution is 0.0718. The number of benzene rings is 1. The van der Waals surface area contributed by atoms with Crippen molar-refractivity contribution in [3.8, 4) is 0 Å². The van der Waals surface area contributed by atoms with Crippen molar-refractivity contribution in [1.82, 2.24) is 10.2 Å². The van der Waals surface area contributed by atoms with Gasteiger partial charge in [-0.2, -0.15) is 0 Å². The third-order valence-electron chi connectivity index (χ3n) is 4.42. The first-order chi connectivity index (χ1) is 9.49. The van der Waals surface area contributed by atoms with Gasteiger partial charge in [-0.25, -0.2) is 13.2 Å². The van der Waals surface area contributed by atoms with E-state index in [1.54, 1.807) is 0 Å². The van der Waals surface area contributed by atoms with E-state index in [1.165, 1.54) is 4.90 Å². The second-order valence-corrected chi connectivity index (χ2v) is 5.52. The van der Waals surface area contributed by atoms with Gasteiger partial charge in [0.25, 0.3) is 5.91 Å². The molecule has 3 atom stereocenters. The van der Waals surface area contributed by atoms with E-state index in [1.807, 2.05) is 6.92 Å². The minimum Gasteiger partial charge on any atom is -0.335 e. The lowest BCUT2D eigenvalue weighted by Crippen LogP contribution is -2.39. The maximum Gasteiger partial charge on any atom is 0.260 e. The molecular formula is C14H15F3N2O. The van der Waals surface area contributed by atoms with Gasteiger partial charge in [0.1, 0.15) is 23.0 Å². The van der Waals surface area contributed by atoms with E-state index in [4.69, 9.17) is 0 Å². The van der Waals surface area contributed by atoms with E-state index in [0.29, 0.717) is 30.5 Å². The quantitative estimate of drug-likeness (QED) is 0.852. The topological polar surface area (TPSA) is 32.3 Å². The van der Waals surface area contributed by atoms with Crippen LogP contribution in [0, 0.1) is 29.3 Å². The van der Waals surface area contributed by atoms with E-state index >= 15 is 0 Å². The number of nitrogens with zero attached hydrogens (tertiary/aromatic N) is 1. The first-order valence-corrected chi connectivity index (χ1v) is 6.65. The first kappa shape index (κ1) is 13.4. The van der Waals surface area contributed by atoms with E-state index < -0.39 is 28.9 Å². The normalized spacial score (nSPS) is 28.8. The monoisotopic (exact) mass is 284 g/mol. The molecule has 1 aromatic carbocycles. The molecule has 6 heteroatoms. The number of hydrogen-bond donors (Lipinski definition) is 1. The van der Waals surface area contributed by atoms with Gasteiger partial charge in [0, 0.05) is 37.8 Å². The molecule has 3 nitrogen and oxygen atoms in total. The largest absolute Gasteiger partial charge is 0.335 e. The standard InChI is InChI=1S/C14H15F3N2O/c1-7-10-5-18-4-8(10)6-19(7)14(20)13-11(16)2-9(15)3-12(13)17/h2-3,7-8,10,18H,4-6H2,1H3. The predicted molar refractivity (Wildman–Crippen MR) is 66.7 cm³/mol. The summed E-state index contributed by atoms with van der Waals surface area (Å²) < 4.78 is 40.3. The molecule has 2 heterocycles. The highest BCUT2D eigenvalue weighted by atomic mass is 19.1. The predicted octanol–water partition coefficient (Wildman–Crippen LogP) is 1.78. The van der Waals surface area contributed by atoms with Gasteiger partial charge in [-0.1, -0.05) is 0 Å². The van der Waals surface area contributed by atoms with Gasteiger partial charge in [-0.3, -0.25) is 4.79 Å². The number of amides is 1. The number of carbonyl (C=O) groups excluding carboxylic acids is 1. The van der Waals surface area contributed by atoms with Crippen LogP contribution in [0.5, 0.6) is 0 Å². The molecule has 0 bridgehead atoms. The average molecular weight is 284 g/mol. The van der Waals surface area contributed by atoms with Crippen molar-refractivity contribution in [3.63, 3.8) is 0 Å². The second kappa shape index (κ2) is 4.77. The Morgan fingerprint density at radius 3 is 2.50 bits per heavy atom. The van der Waals surface area contributed by atoms with Crippen LogP contribution in [-0.2, 0) is 0 Å². The summed E-state index contributed by atoms with van der Waals surface area (Å²) in [7, 11) is 0. The zero-order chi connectivity index (χ0) is 14.4. The summed E-state index contributed by atoms with van der Waals surface area (Å²) in [5, 5.41) is 3.25. The SMILES string of the molecule is CC1C2CNCC2CN1C(=O)c1c(F)cc(F)cc1F. The Bertz CT molecular complexity index is 540. The minimum atomic E-state index is -1.14. The summed E-state index contributed by atoms with van der Waals surface area (Å²) in [6.45, 7) is 3.99. The molecule has 108 valence electrons. The van der Waals surface area contributed by atoms with Gasteiger partial charge in [0.2, 0.25) is 0 Å². The van der Waals surface area contributed by atoms with E-state index in [2.05, 4.69) is 5.32 Å². The highest BCUT2D eigenvalue weighted by Crippen LogP contribution is 2.33. The van der Waals surface area contributed by atoms with E-state index in [0.717, 1.165) is 13.1 Å². The molecule has 3 rings (SSSR count). The summed E-state index contributed by atoms with van der Waals surface area (Å²) in [4.78, 5) is 13.8. The van der Waals surface area contributed by atoms with Crippen LogP contribution in [0.3, 0.4) is 0 Å². The van der Waals surface area contributed by atoms with E-state index in [9.17, 15) is 18.0 Å². The summed E-state index contributed by atoms with van der Waals surface area (Å²) in [5.41, 5.74) is -0.661. The molecule has 2 saturated heterocycles. The molecule has 3 unspecified atom stereocenters. The Morgan fingerprint density at radius 1 is 1.25 bits per heavy atom. The molecule has 1 amide bonds. The Morgan fingerprint density at radius 2 is 1.90 bits per heavy atom. The van der Waals surface area contributed by atoms with Crippen LogP contribution in [-0.4, -0.2) is 36.5 Å². The molecular weight excluding hydrogens is 269 g/mol. The van der Waals surface area contributed by atoms with Crippen LogP contribution in [0.2, 0.25) is 0 Å². The van der Waals surface area contributed by atoms with Gasteiger partial charge in [0.05, 0.1) is 0 Å². The van der Waals surface area contributed by atoms with Crippen molar-refractivity contribution in [1.29, 1.82) is 0 Å². The smallest absolute Gasteiger partial charge is 0.260 e. The minimum absolute atomic E-state index is 0.0775. The molecule has 0 spiro atoms. The molecule has 0 aliphatic carbocycles. The zero-order valence-electron chi connectivity index (χ0n) is 11.0. The van der Waals surface area contributed by atoms with Gasteiger partial charge >= 0.3 is 0 Å². The Kier molecular flexibility index (Phi) is 3.20. The average Bonchev–Trinajstić information content (AvgIpc) is 2.91. The highest BCUT2D eigenvalue weighted by Gasteiger charge is 2.44. The maximum atomic E-state index is 13.7. The van der Waals surface area contributed by atoms with Crippen LogP contribution in [0.15, 0.2) is 12.1 Å². The molecule has 0 radical (unpaired) electrons. The van der Waals surface area contributed by atoms with Gasteiger partial charge in [0.15, 0.2) is 0 Å². The van der Waals surface area contributed by atoms with E-state index in [-0.39, 0.29) is 6.04 Å². The van der Waals surface area contributed by atoms with Crippen molar-refractivity contribution in [2.24, 2.45) is 11.8 Å². The van der Waals surface area contributed by atoms with Crippen molar-refractivity contribution >= 4 is 5.91 Å². The van der Waals surface area contributed by atoms with Crippen LogP contribution in [0.25, 0.3) is 0 Å². The maximum absolute atomic E-state index is 13.7. The van der Waals surface area contributed by atoms with Crippen LogP contribution in [0.4, 0.5) is 13.2 Å². The third kappa shape index (κ3) is 1.98. The molecule has 1 aromatic rings. The third-order valence-corrected chi connectivity index (χ3v) is 4.42.